The highest BCUT2D eigenvalue weighted by atomic mass is 16.7. The number of hydrogen-bond acceptors (Lipinski definition) is 8. The molecule has 62 heavy (non-hydrogen) atoms. The average molecular weight is 876 g/mol. The molecular formula is C53H97NO8. The number of allylic oxidation sites excluding steroid dienone is 6. The Morgan fingerprint density at radius 1 is 0.484 bits per heavy atom. The number of quaternary nitrogens is 1. The van der Waals surface area contributed by atoms with E-state index in [9.17, 15) is 19.5 Å². The summed E-state index contributed by atoms with van der Waals surface area (Å²) in [6, 6.07) is 0. The zero-order valence-electron chi connectivity index (χ0n) is 41.0. The van der Waals surface area contributed by atoms with Crippen LogP contribution in [-0.2, 0) is 33.3 Å². The molecule has 0 aliphatic carbocycles. The fraction of sp³-hybridized carbons (Fsp3) is 0.830. The van der Waals surface area contributed by atoms with Crippen molar-refractivity contribution >= 4 is 17.9 Å². The second-order valence-corrected chi connectivity index (χ2v) is 18.5. The quantitative estimate of drug-likeness (QED) is 0.0195. The van der Waals surface area contributed by atoms with E-state index < -0.39 is 24.3 Å². The van der Waals surface area contributed by atoms with Crippen molar-refractivity contribution in [2.24, 2.45) is 0 Å². The number of aliphatic carboxylic acids is 1. The smallest absolute Gasteiger partial charge is 0.306 e. The molecule has 0 spiro atoms. The molecule has 0 aromatic rings. The molecule has 0 aromatic heterocycles. The third-order valence-electron chi connectivity index (χ3n) is 11.1. The predicted molar refractivity (Wildman–Crippen MR) is 256 cm³/mol. The molecule has 0 bridgehead atoms. The maximum absolute atomic E-state index is 12.8. The molecule has 0 radical (unpaired) electrons. The van der Waals surface area contributed by atoms with Crippen molar-refractivity contribution in [2.75, 3.05) is 47.5 Å². The summed E-state index contributed by atoms with van der Waals surface area (Å²) in [4.78, 5) is 37.1. The van der Waals surface area contributed by atoms with Crippen LogP contribution in [-0.4, -0.2) is 82.3 Å². The van der Waals surface area contributed by atoms with Crippen molar-refractivity contribution < 1.29 is 42.9 Å². The van der Waals surface area contributed by atoms with Crippen molar-refractivity contribution in [2.45, 2.75) is 238 Å². The number of ether oxygens (including phenoxy) is 4. The molecule has 0 saturated carbocycles. The third kappa shape index (κ3) is 45.5. The number of likely N-dealkylation sites (N-methyl/N-ethyl adjacent to an activating group) is 1. The summed E-state index contributed by atoms with van der Waals surface area (Å²) in [6.07, 6.45) is 48.9. The first-order chi connectivity index (χ1) is 30.1. The number of hydrogen-bond donors (Lipinski definition) is 0. The van der Waals surface area contributed by atoms with Crippen LogP contribution in [0.1, 0.15) is 226 Å². The summed E-state index contributed by atoms with van der Waals surface area (Å²) in [7, 11) is 5.91. The summed E-state index contributed by atoms with van der Waals surface area (Å²) >= 11 is 0. The number of esters is 2. The Balaban J connectivity index is 4.31. The van der Waals surface area contributed by atoms with Crippen LogP contribution in [0.25, 0.3) is 0 Å². The Labute approximate surface area is 381 Å². The topological polar surface area (TPSA) is 111 Å². The van der Waals surface area contributed by atoms with Crippen molar-refractivity contribution in [1.29, 1.82) is 0 Å². The minimum atomic E-state index is -1.62. The van der Waals surface area contributed by atoms with E-state index in [1.54, 1.807) is 0 Å². The molecule has 0 aliphatic rings. The predicted octanol–water partition coefficient (Wildman–Crippen LogP) is 12.8. The lowest BCUT2D eigenvalue weighted by Gasteiger charge is -2.26. The molecule has 9 nitrogen and oxygen atoms in total. The first-order valence-corrected chi connectivity index (χ1v) is 25.6. The van der Waals surface area contributed by atoms with Crippen LogP contribution in [0.2, 0.25) is 0 Å². The van der Waals surface area contributed by atoms with Gasteiger partial charge in [-0.3, -0.25) is 9.59 Å². The van der Waals surface area contributed by atoms with Gasteiger partial charge in [-0.1, -0.05) is 179 Å². The van der Waals surface area contributed by atoms with E-state index in [-0.39, 0.29) is 38.6 Å². The lowest BCUT2D eigenvalue weighted by atomic mass is 10.0. The first kappa shape index (κ1) is 59.5. The fourth-order valence-corrected chi connectivity index (χ4v) is 7.09. The highest BCUT2D eigenvalue weighted by Crippen LogP contribution is 2.15. The van der Waals surface area contributed by atoms with E-state index in [1.165, 1.54) is 128 Å². The average Bonchev–Trinajstić information content (AvgIpc) is 3.23. The molecule has 0 saturated heterocycles. The van der Waals surface area contributed by atoms with Gasteiger partial charge < -0.3 is 33.3 Å². The van der Waals surface area contributed by atoms with Crippen LogP contribution >= 0.6 is 0 Å². The summed E-state index contributed by atoms with van der Waals surface area (Å²) in [6.45, 7) is 4.72. The van der Waals surface area contributed by atoms with Gasteiger partial charge in [0.1, 0.15) is 13.2 Å². The van der Waals surface area contributed by atoms with E-state index in [0.717, 1.165) is 64.2 Å². The van der Waals surface area contributed by atoms with E-state index in [1.807, 2.05) is 21.1 Å². The van der Waals surface area contributed by atoms with Gasteiger partial charge in [-0.15, -0.1) is 0 Å². The number of carbonyl (C=O) groups is 3. The molecule has 9 heteroatoms. The number of unbranched alkanes of at least 4 members (excludes halogenated alkanes) is 26. The SMILES string of the molecule is CCCCCCC/C=C\C/C=C\CCCCCCCCCCCCCC(=O)OC(COC(=O)CCCCCCC/C=C\CCCCCCC)COC(OCC[N+](C)(C)C)C(=O)[O-]. The highest BCUT2D eigenvalue weighted by molar-refractivity contribution is 5.70. The van der Waals surface area contributed by atoms with Gasteiger partial charge in [0.25, 0.3) is 0 Å². The second-order valence-electron chi connectivity index (χ2n) is 18.5. The van der Waals surface area contributed by atoms with Crippen molar-refractivity contribution in [3.8, 4) is 0 Å². The zero-order chi connectivity index (χ0) is 45.6. The molecule has 2 atom stereocenters. The molecule has 0 aliphatic heterocycles. The van der Waals surface area contributed by atoms with Gasteiger partial charge in [0.2, 0.25) is 0 Å². The Hall–Kier alpha value is -2.49. The maximum atomic E-state index is 12.8. The minimum absolute atomic E-state index is 0.146. The van der Waals surface area contributed by atoms with E-state index in [0.29, 0.717) is 17.4 Å². The molecule has 0 amide bonds. The number of carboxylic acid groups (broad SMARTS) is 1. The molecule has 362 valence electrons. The molecule has 0 heterocycles. The number of rotatable bonds is 47. The van der Waals surface area contributed by atoms with Gasteiger partial charge in [-0.05, 0) is 70.6 Å². The maximum Gasteiger partial charge on any atom is 0.306 e. The first-order valence-electron chi connectivity index (χ1n) is 25.6. The van der Waals surface area contributed by atoms with Gasteiger partial charge in [0.15, 0.2) is 12.4 Å². The normalized spacial score (nSPS) is 13.1. The van der Waals surface area contributed by atoms with Crippen molar-refractivity contribution in [3.63, 3.8) is 0 Å². The summed E-state index contributed by atoms with van der Waals surface area (Å²) < 4.78 is 22.6. The van der Waals surface area contributed by atoms with Crippen LogP contribution in [0.5, 0.6) is 0 Å². The molecule has 0 fully saturated rings. The van der Waals surface area contributed by atoms with E-state index in [4.69, 9.17) is 18.9 Å². The van der Waals surface area contributed by atoms with Gasteiger partial charge >= 0.3 is 11.9 Å². The second kappa shape index (κ2) is 45.1. The Bertz CT molecular complexity index is 1110. The van der Waals surface area contributed by atoms with Gasteiger partial charge in [0.05, 0.1) is 40.3 Å². The van der Waals surface area contributed by atoms with Gasteiger partial charge in [0, 0.05) is 12.8 Å². The minimum Gasteiger partial charge on any atom is -0.545 e. The Morgan fingerprint density at radius 2 is 0.871 bits per heavy atom. The van der Waals surface area contributed by atoms with Crippen LogP contribution in [0.4, 0.5) is 0 Å². The van der Waals surface area contributed by atoms with Crippen molar-refractivity contribution in [1.82, 2.24) is 0 Å². The zero-order valence-corrected chi connectivity index (χ0v) is 41.0. The number of carboxylic acids is 1. The van der Waals surface area contributed by atoms with Crippen molar-refractivity contribution in [3.05, 3.63) is 36.5 Å². The monoisotopic (exact) mass is 876 g/mol. The van der Waals surface area contributed by atoms with E-state index >= 15 is 0 Å². The van der Waals surface area contributed by atoms with Crippen LogP contribution in [0.15, 0.2) is 36.5 Å². The molecule has 0 N–H and O–H groups in total. The Kier molecular flexibility index (Phi) is 43.3. The number of nitrogens with zero attached hydrogens (tertiary/aromatic N) is 1. The third-order valence-corrected chi connectivity index (χ3v) is 11.1. The highest BCUT2D eigenvalue weighted by Gasteiger charge is 2.22. The lowest BCUT2D eigenvalue weighted by molar-refractivity contribution is -0.870. The molecule has 0 rings (SSSR count). The lowest BCUT2D eigenvalue weighted by Crippen LogP contribution is -2.44. The standard InChI is InChI=1S/C53H97NO8/c1-6-8-10-12-14-16-18-20-22-23-24-25-26-27-28-29-30-32-34-36-38-40-42-44-51(56)62-49(48-61-53(52(57)58)59-46-45-54(3,4)5)47-60-50(55)43-41-39-37-35-33-31-21-19-17-15-13-11-9-7-2/h18-21,23-24,49,53H,6-17,22,25-48H2,1-5H3/b20-18-,21-19-,24-23-. The summed E-state index contributed by atoms with van der Waals surface area (Å²) in [5.74, 6) is -2.29. The number of carbonyl (C=O) groups excluding carboxylic acids is 3. The molecular weight excluding hydrogens is 779 g/mol. The van der Waals surface area contributed by atoms with Crippen LogP contribution in [0.3, 0.4) is 0 Å². The Morgan fingerprint density at radius 3 is 1.29 bits per heavy atom. The van der Waals surface area contributed by atoms with E-state index in [2.05, 4.69) is 50.3 Å². The fourth-order valence-electron chi connectivity index (χ4n) is 7.09. The van der Waals surface area contributed by atoms with Gasteiger partial charge in [-0.2, -0.15) is 0 Å². The van der Waals surface area contributed by atoms with Crippen LogP contribution in [0, 0.1) is 0 Å². The molecule has 2 unspecified atom stereocenters. The van der Waals surface area contributed by atoms with Gasteiger partial charge in [-0.25, -0.2) is 0 Å². The van der Waals surface area contributed by atoms with Crippen LogP contribution < -0.4 is 5.11 Å². The largest absolute Gasteiger partial charge is 0.545 e. The molecule has 0 aromatic carbocycles. The summed E-state index contributed by atoms with van der Waals surface area (Å²) in [5.41, 5.74) is 0. The summed E-state index contributed by atoms with van der Waals surface area (Å²) in [5, 5.41) is 11.7.